The first-order valence-corrected chi connectivity index (χ1v) is 11.4. The van der Waals surface area contributed by atoms with Crippen LogP contribution in [0.25, 0.3) is 10.2 Å². The number of thioether (sulfide) groups is 1. The van der Waals surface area contributed by atoms with E-state index in [1.165, 1.54) is 23.1 Å². The Morgan fingerprint density at radius 3 is 2.75 bits per heavy atom. The Kier molecular flexibility index (Phi) is 6.59. The number of carbonyl (C=O) groups is 2. The lowest BCUT2D eigenvalue weighted by molar-refractivity contribution is -0.141. The molecule has 3 heterocycles. The summed E-state index contributed by atoms with van der Waals surface area (Å²) in [7, 11) is 0. The van der Waals surface area contributed by atoms with Gasteiger partial charge in [-0.2, -0.15) is 0 Å². The standard InChI is InChI=1S/C18H17ClN2O4S3/c1-8-9(2)27-17-15(8)16(23)20-14(21-17)7-26-10(3)18(24)25-6-11(22)12-4-5-13(19)28-12/h4-5,10H,6-7H2,1-3H3,(H,20,21,23)/t10-/m0/s1. The molecular weight excluding hydrogens is 440 g/mol. The number of Topliss-reactive ketones (excluding diaryl/α,β-unsaturated/α-hetero) is 1. The quantitative estimate of drug-likeness (QED) is 0.419. The summed E-state index contributed by atoms with van der Waals surface area (Å²) >= 11 is 9.71. The van der Waals surface area contributed by atoms with Gasteiger partial charge in [0.2, 0.25) is 5.78 Å². The molecule has 148 valence electrons. The maximum absolute atomic E-state index is 12.3. The van der Waals surface area contributed by atoms with Crippen molar-refractivity contribution in [2.45, 2.75) is 31.8 Å². The predicted octanol–water partition coefficient (Wildman–Crippen LogP) is 4.36. The van der Waals surface area contributed by atoms with Crippen LogP contribution in [0.1, 0.15) is 32.9 Å². The van der Waals surface area contributed by atoms with E-state index in [9.17, 15) is 14.4 Å². The molecule has 1 N–H and O–H groups in total. The fourth-order valence-electron chi connectivity index (χ4n) is 2.43. The van der Waals surface area contributed by atoms with Gasteiger partial charge in [0.05, 0.1) is 20.4 Å². The zero-order chi connectivity index (χ0) is 20.4. The molecule has 1 atom stereocenters. The normalized spacial score (nSPS) is 12.3. The average molecular weight is 457 g/mol. The van der Waals surface area contributed by atoms with E-state index in [1.54, 1.807) is 19.1 Å². The molecule has 0 unspecified atom stereocenters. The number of thiophene rings is 2. The maximum atomic E-state index is 12.3. The van der Waals surface area contributed by atoms with E-state index >= 15 is 0 Å². The van der Waals surface area contributed by atoms with Crippen molar-refractivity contribution in [2.75, 3.05) is 6.61 Å². The van der Waals surface area contributed by atoms with Crippen molar-refractivity contribution >= 4 is 68.0 Å². The number of aryl methyl sites for hydroxylation is 2. The third-order valence-electron chi connectivity index (χ3n) is 4.08. The molecule has 0 fully saturated rings. The van der Waals surface area contributed by atoms with Crippen LogP contribution in [-0.2, 0) is 15.3 Å². The van der Waals surface area contributed by atoms with Crippen LogP contribution in [0, 0.1) is 13.8 Å². The van der Waals surface area contributed by atoms with Gasteiger partial charge < -0.3 is 9.72 Å². The number of hydrogen-bond acceptors (Lipinski definition) is 8. The van der Waals surface area contributed by atoms with E-state index in [4.69, 9.17) is 16.3 Å². The largest absolute Gasteiger partial charge is 0.456 e. The molecule has 0 amide bonds. The van der Waals surface area contributed by atoms with Gasteiger partial charge in [-0.15, -0.1) is 34.4 Å². The topological polar surface area (TPSA) is 89.1 Å². The minimum atomic E-state index is -0.507. The number of aromatic nitrogens is 2. The van der Waals surface area contributed by atoms with Gasteiger partial charge in [-0.1, -0.05) is 11.6 Å². The van der Waals surface area contributed by atoms with Crippen LogP contribution in [0.15, 0.2) is 16.9 Å². The fraction of sp³-hybridized carbons (Fsp3) is 0.333. The predicted molar refractivity (Wildman–Crippen MR) is 115 cm³/mol. The highest BCUT2D eigenvalue weighted by molar-refractivity contribution is 7.99. The van der Waals surface area contributed by atoms with Crippen LogP contribution >= 0.6 is 46.0 Å². The van der Waals surface area contributed by atoms with Crippen LogP contribution in [0.3, 0.4) is 0 Å². The van der Waals surface area contributed by atoms with Crippen molar-refractivity contribution in [3.8, 4) is 0 Å². The molecule has 0 bridgehead atoms. The van der Waals surface area contributed by atoms with Gasteiger partial charge in [-0.25, -0.2) is 4.98 Å². The van der Waals surface area contributed by atoms with E-state index in [0.717, 1.165) is 21.8 Å². The maximum Gasteiger partial charge on any atom is 0.319 e. The van der Waals surface area contributed by atoms with E-state index in [0.29, 0.717) is 31.0 Å². The zero-order valence-corrected chi connectivity index (χ0v) is 18.5. The van der Waals surface area contributed by atoms with Crippen LogP contribution < -0.4 is 5.56 Å². The minimum Gasteiger partial charge on any atom is -0.456 e. The lowest BCUT2D eigenvalue weighted by Gasteiger charge is -2.10. The zero-order valence-electron chi connectivity index (χ0n) is 15.3. The Bertz CT molecular complexity index is 1100. The van der Waals surface area contributed by atoms with Gasteiger partial charge in [-0.05, 0) is 38.5 Å². The van der Waals surface area contributed by atoms with Gasteiger partial charge in [0, 0.05) is 4.88 Å². The molecule has 10 heteroatoms. The van der Waals surface area contributed by atoms with Crippen molar-refractivity contribution in [2.24, 2.45) is 0 Å². The third kappa shape index (κ3) is 4.65. The fourth-order valence-corrected chi connectivity index (χ4v) is 5.19. The Labute approximate surface area is 178 Å². The van der Waals surface area contributed by atoms with Crippen molar-refractivity contribution in [3.63, 3.8) is 0 Å². The van der Waals surface area contributed by atoms with E-state index in [1.807, 2.05) is 13.8 Å². The Morgan fingerprint density at radius 2 is 2.07 bits per heavy atom. The lowest BCUT2D eigenvalue weighted by atomic mass is 10.2. The van der Waals surface area contributed by atoms with Crippen LogP contribution in [0.2, 0.25) is 4.34 Å². The number of aromatic amines is 1. The number of ether oxygens (including phenoxy) is 1. The Balaban J connectivity index is 1.56. The number of H-pyrrole nitrogens is 1. The second-order valence-corrected chi connectivity index (χ2v) is 10.3. The summed E-state index contributed by atoms with van der Waals surface area (Å²) in [6.07, 6.45) is 0. The summed E-state index contributed by atoms with van der Waals surface area (Å²) in [5, 5.41) is 0.114. The summed E-state index contributed by atoms with van der Waals surface area (Å²) in [4.78, 5) is 45.9. The number of halogens is 1. The second kappa shape index (κ2) is 8.77. The average Bonchev–Trinajstić information content (AvgIpc) is 3.21. The number of nitrogens with zero attached hydrogens (tertiary/aromatic N) is 1. The first-order chi connectivity index (χ1) is 13.3. The van der Waals surface area contributed by atoms with Crippen molar-refractivity contribution in [3.05, 3.63) is 48.0 Å². The van der Waals surface area contributed by atoms with Crippen molar-refractivity contribution < 1.29 is 14.3 Å². The molecule has 6 nitrogen and oxygen atoms in total. The van der Waals surface area contributed by atoms with Gasteiger partial charge >= 0.3 is 5.97 Å². The first kappa shape index (κ1) is 21.0. The number of ketones is 1. The lowest BCUT2D eigenvalue weighted by Crippen LogP contribution is -2.21. The van der Waals surface area contributed by atoms with E-state index in [2.05, 4.69) is 9.97 Å². The molecular formula is C18H17ClN2O4S3. The molecule has 0 aliphatic carbocycles. The molecule has 3 aromatic rings. The highest BCUT2D eigenvalue weighted by Gasteiger charge is 2.19. The van der Waals surface area contributed by atoms with E-state index in [-0.39, 0.29) is 17.9 Å². The molecule has 0 aromatic carbocycles. The van der Waals surface area contributed by atoms with Crippen LogP contribution in [0.5, 0.6) is 0 Å². The summed E-state index contributed by atoms with van der Waals surface area (Å²) in [6.45, 7) is 5.23. The van der Waals surface area contributed by atoms with Crippen molar-refractivity contribution in [1.82, 2.24) is 9.97 Å². The van der Waals surface area contributed by atoms with Crippen molar-refractivity contribution in [1.29, 1.82) is 0 Å². The molecule has 0 saturated heterocycles. The van der Waals surface area contributed by atoms with Gasteiger partial charge in [0.25, 0.3) is 5.56 Å². The summed E-state index contributed by atoms with van der Waals surface area (Å²) in [6, 6.07) is 3.23. The molecule has 0 aliphatic heterocycles. The molecule has 0 radical (unpaired) electrons. The molecule has 0 aliphatic rings. The SMILES string of the molecule is Cc1sc2nc(CS[C@@H](C)C(=O)OCC(=O)c3ccc(Cl)s3)[nH]c(=O)c2c1C. The highest BCUT2D eigenvalue weighted by Crippen LogP contribution is 2.27. The number of esters is 1. The molecule has 28 heavy (non-hydrogen) atoms. The Morgan fingerprint density at radius 1 is 1.32 bits per heavy atom. The number of fused-ring (bicyclic) bond motifs is 1. The first-order valence-electron chi connectivity index (χ1n) is 8.32. The molecule has 3 aromatic heterocycles. The van der Waals surface area contributed by atoms with Crippen LogP contribution in [0.4, 0.5) is 0 Å². The second-order valence-electron chi connectivity index (χ2n) is 6.06. The monoisotopic (exact) mass is 456 g/mol. The Hall–Kier alpha value is -1.68. The minimum absolute atomic E-state index is 0.169. The number of rotatable bonds is 7. The summed E-state index contributed by atoms with van der Waals surface area (Å²) in [5.74, 6) is 0.0774. The number of nitrogens with one attached hydrogen (secondary N) is 1. The molecule has 3 rings (SSSR count). The number of hydrogen-bond donors (Lipinski definition) is 1. The molecule has 0 saturated carbocycles. The van der Waals surface area contributed by atoms with Gasteiger partial charge in [-0.3, -0.25) is 14.4 Å². The van der Waals surface area contributed by atoms with Gasteiger partial charge in [0.15, 0.2) is 6.61 Å². The van der Waals surface area contributed by atoms with Crippen LogP contribution in [-0.4, -0.2) is 33.6 Å². The number of carbonyl (C=O) groups excluding carboxylic acids is 2. The molecule has 0 spiro atoms. The van der Waals surface area contributed by atoms with E-state index < -0.39 is 11.2 Å². The summed E-state index contributed by atoms with van der Waals surface area (Å²) < 4.78 is 5.60. The van der Waals surface area contributed by atoms with Gasteiger partial charge in [0.1, 0.15) is 15.9 Å². The highest BCUT2D eigenvalue weighted by atomic mass is 35.5. The third-order valence-corrected chi connectivity index (χ3v) is 7.59. The smallest absolute Gasteiger partial charge is 0.319 e. The summed E-state index contributed by atoms with van der Waals surface area (Å²) in [5.41, 5.74) is 0.777.